The Balaban J connectivity index is 2.19. The molecule has 20 heavy (non-hydrogen) atoms. The third-order valence-electron chi connectivity index (χ3n) is 2.48. The van der Waals surface area contributed by atoms with Gasteiger partial charge in [0.05, 0.1) is 17.1 Å². The number of aromatic nitrogens is 1. The van der Waals surface area contributed by atoms with Crippen molar-refractivity contribution in [1.82, 2.24) is 4.98 Å². The summed E-state index contributed by atoms with van der Waals surface area (Å²) in [7, 11) is 0. The van der Waals surface area contributed by atoms with E-state index in [1.54, 1.807) is 18.2 Å². The van der Waals surface area contributed by atoms with Crippen LogP contribution >= 0.6 is 0 Å². The SMILES string of the molecule is NNc1cc([N+](=O)[O-])cc(OCc2ccccc2F)n1. The molecule has 0 amide bonds. The first-order chi connectivity index (χ1) is 9.60. The van der Waals surface area contributed by atoms with Crippen LogP contribution in [0.4, 0.5) is 15.9 Å². The number of rotatable bonds is 5. The maximum absolute atomic E-state index is 13.4. The van der Waals surface area contributed by atoms with E-state index in [0.717, 1.165) is 12.1 Å². The van der Waals surface area contributed by atoms with E-state index in [0.29, 0.717) is 5.56 Å². The number of hydrazine groups is 1. The Bertz CT molecular complexity index is 636. The summed E-state index contributed by atoms with van der Waals surface area (Å²) in [5.41, 5.74) is 2.30. The van der Waals surface area contributed by atoms with Crippen molar-refractivity contribution in [3.8, 4) is 5.88 Å². The van der Waals surface area contributed by atoms with E-state index in [1.165, 1.54) is 6.07 Å². The molecule has 2 aromatic rings. The molecule has 8 heteroatoms. The Morgan fingerprint density at radius 1 is 1.40 bits per heavy atom. The van der Waals surface area contributed by atoms with Crippen LogP contribution in [-0.2, 0) is 6.61 Å². The predicted molar refractivity (Wildman–Crippen MR) is 69.4 cm³/mol. The van der Waals surface area contributed by atoms with Gasteiger partial charge in [-0.15, -0.1) is 0 Å². The highest BCUT2D eigenvalue weighted by molar-refractivity contribution is 5.47. The van der Waals surface area contributed by atoms with Crippen molar-refractivity contribution in [3.05, 3.63) is 57.9 Å². The van der Waals surface area contributed by atoms with E-state index < -0.39 is 10.7 Å². The Hall–Kier alpha value is -2.74. The summed E-state index contributed by atoms with van der Waals surface area (Å²) in [4.78, 5) is 14.0. The van der Waals surface area contributed by atoms with Crippen molar-refractivity contribution in [3.63, 3.8) is 0 Å². The number of nitrogens with two attached hydrogens (primary N) is 1. The first-order valence-electron chi connectivity index (χ1n) is 5.59. The fourth-order valence-corrected chi connectivity index (χ4v) is 1.51. The number of hydrogen-bond acceptors (Lipinski definition) is 6. The molecule has 0 spiro atoms. The van der Waals surface area contributed by atoms with Crippen LogP contribution in [0.25, 0.3) is 0 Å². The van der Waals surface area contributed by atoms with Gasteiger partial charge in [0.2, 0.25) is 5.88 Å². The second-order valence-electron chi connectivity index (χ2n) is 3.83. The van der Waals surface area contributed by atoms with Crippen LogP contribution in [0.1, 0.15) is 5.56 Å². The van der Waals surface area contributed by atoms with Crippen LogP contribution in [0.2, 0.25) is 0 Å². The van der Waals surface area contributed by atoms with E-state index in [-0.39, 0.29) is 24.0 Å². The van der Waals surface area contributed by atoms with E-state index in [1.807, 2.05) is 0 Å². The van der Waals surface area contributed by atoms with Crippen LogP contribution < -0.4 is 16.0 Å². The molecule has 2 rings (SSSR count). The number of nitro groups is 1. The molecule has 0 unspecified atom stereocenters. The van der Waals surface area contributed by atoms with Crippen molar-refractivity contribution < 1.29 is 14.1 Å². The van der Waals surface area contributed by atoms with Crippen molar-refractivity contribution in [2.45, 2.75) is 6.61 Å². The molecule has 3 N–H and O–H groups in total. The van der Waals surface area contributed by atoms with E-state index >= 15 is 0 Å². The average Bonchev–Trinajstić information content (AvgIpc) is 2.46. The van der Waals surface area contributed by atoms with Gasteiger partial charge in [-0.3, -0.25) is 10.1 Å². The molecule has 0 aliphatic rings. The lowest BCUT2D eigenvalue weighted by atomic mass is 10.2. The highest BCUT2D eigenvalue weighted by Gasteiger charge is 2.12. The minimum absolute atomic E-state index is 0.0181. The summed E-state index contributed by atoms with van der Waals surface area (Å²) >= 11 is 0. The van der Waals surface area contributed by atoms with Gasteiger partial charge in [-0.2, -0.15) is 4.98 Å². The zero-order valence-corrected chi connectivity index (χ0v) is 10.2. The largest absolute Gasteiger partial charge is 0.472 e. The van der Waals surface area contributed by atoms with Crippen molar-refractivity contribution in [1.29, 1.82) is 0 Å². The Labute approximate surface area is 113 Å². The maximum Gasteiger partial charge on any atom is 0.278 e. The number of anilines is 1. The van der Waals surface area contributed by atoms with E-state index in [2.05, 4.69) is 10.4 Å². The van der Waals surface area contributed by atoms with Crippen molar-refractivity contribution >= 4 is 11.5 Å². The average molecular weight is 278 g/mol. The third kappa shape index (κ3) is 3.18. The van der Waals surface area contributed by atoms with Crippen molar-refractivity contribution in [2.75, 3.05) is 5.43 Å². The van der Waals surface area contributed by atoms with Gasteiger partial charge in [-0.25, -0.2) is 10.2 Å². The number of benzene rings is 1. The van der Waals surface area contributed by atoms with Gasteiger partial charge >= 0.3 is 0 Å². The summed E-state index contributed by atoms with van der Waals surface area (Å²) in [5, 5.41) is 10.7. The summed E-state index contributed by atoms with van der Waals surface area (Å²) in [6.07, 6.45) is 0. The first-order valence-corrected chi connectivity index (χ1v) is 5.59. The quantitative estimate of drug-likeness (QED) is 0.492. The molecule has 1 aromatic carbocycles. The molecular weight excluding hydrogens is 267 g/mol. The molecule has 104 valence electrons. The minimum Gasteiger partial charge on any atom is -0.472 e. The molecule has 0 bridgehead atoms. The minimum atomic E-state index is -0.599. The molecule has 0 aliphatic heterocycles. The highest BCUT2D eigenvalue weighted by atomic mass is 19.1. The topological polar surface area (TPSA) is 103 Å². The predicted octanol–water partition coefficient (Wildman–Crippen LogP) is 1.99. The lowest BCUT2D eigenvalue weighted by molar-refractivity contribution is -0.384. The number of pyridine rings is 1. The van der Waals surface area contributed by atoms with Gasteiger partial charge < -0.3 is 10.2 Å². The van der Waals surface area contributed by atoms with Crippen LogP contribution in [0.3, 0.4) is 0 Å². The van der Waals surface area contributed by atoms with Crippen LogP contribution in [0.15, 0.2) is 36.4 Å². The molecule has 0 fully saturated rings. The molecule has 0 atom stereocenters. The summed E-state index contributed by atoms with van der Waals surface area (Å²) in [5.74, 6) is 4.82. The maximum atomic E-state index is 13.4. The Morgan fingerprint density at radius 2 is 2.15 bits per heavy atom. The van der Waals surface area contributed by atoms with Crippen LogP contribution in [0, 0.1) is 15.9 Å². The third-order valence-corrected chi connectivity index (χ3v) is 2.48. The lowest BCUT2D eigenvalue weighted by Gasteiger charge is -2.07. The second kappa shape index (κ2) is 5.93. The molecular formula is C12H11FN4O3. The van der Waals surface area contributed by atoms with Crippen LogP contribution in [-0.4, -0.2) is 9.91 Å². The second-order valence-corrected chi connectivity index (χ2v) is 3.83. The molecule has 7 nitrogen and oxygen atoms in total. The Morgan fingerprint density at radius 3 is 2.80 bits per heavy atom. The molecule has 1 aromatic heterocycles. The number of ether oxygens (including phenoxy) is 1. The first kappa shape index (κ1) is 13.7. The normalized spacial score (nSPS) is 10.1. The zero-order valence-electron chi connectivity index (χ0n) is 10.2. The molecule has 0 saturated carbocycles. The van der Waals surface area contributed by atoms with Gasteiger partial charge in [0.15, 0.2) is 5.82 Å². The van der Waals surface area contributed by atoms with Crippen molar-refractivity contribution in [2.24, 2.45) is 5.84 Å². The van der Waals surface area contributed by atoms with Gasteiger partial charge in [0.25, 0.3) is 5.69 Å². The monoisotopic (exact) mass is 278 g/mol. The van der Waals surface area contributed by atoms with E-state index in [9.17, 15) is 14.5 Å². The fraction of sp³-hybridized carbons (Fsp3) is 0.0833. The summed E-state index contributed by atoms with van der Waals surface area (Å²) in [6.45, 7) is -0.0924. The molecule has 1 heterocycles. The molecule has 0 saturated heterocycles. The molecule has 0 radical (unpaired) electrons. The molecule has 0 aliphatic carbocycles. The number of nitrogens with zero attached hydrogens (tertiary/aromatic N) is 2. The lowest BCUT2D eigenvalue weighted by Crippen LogP contribution is -2.10. The number of hydrogen-bond donors (Lipinski definition) is 2. The standard InChI is InChI=1S/C12H11FN4O3/c13-10-4-2-1-3-8(10)7-20-12-6-9(17(18)19)5-11(15-12)16-14/h1-6H,7,14H2,(H,15,16). The van der Waals surface area contributed by atoms with Crippen LogP contribution in [0.5, 0.6) is 5.88 Å². The zero-order chi connectivity index (χ0) is 14.5. The summed E-state index contributed by atoms with van der Waals surface area (Å²) in [6, 6.07) is 8.37. The smallest absolute Gasteiger partial charge is 0.278 e. The highest BCUT2D eigenvalue weighted by Crippen LogP contribution is 2.22. The number of halogens is 1. The number of nitrogen functional groups attached to an aromatic ring is 1. The van der Waals surface area contributed by atoms with Gasteiger partial charge in [0.1, 0.15) is 12.4 Å². The Kier molecular flexibility index (Phi) is 4.06. The number of nitrogens with one attached hydrogen (secondary N) is 1. The van der Waals surface area contributed by atoms with E-state index in [4.69, 9.17) is 10.6 Å². The van der Waals surface area contributed by atoms with Gasteiger partial charge in [0, 0.05) is 5.56 Å². The van der Waals surface area contributed by atoms with Gasteiger partial charge in [-0.05, 0) is 6.07 Å². The fourth-order valence-electron chi connectivity index (χ4n) is 1.51. The van der Waals surface area contributed by atoms with Gasteiger partial charge in [-0.1, -0.05) is 18.2 Å². The summed E-state index contributed by atoms with van der Waals surface area (Å²) < 4.78 is 18.7.